The molecule has 1 saturated carbocycles. The SMILES string of the molecule is Cc1nc(SCc2ccc(C(=O)NCC3CC3)cc2)nc(N2CCN(c3ccccc3Cl)CC2)c1C. The summed E-state index contributed by atoms with van der Waals surface area (Å²) in [6, 6.07) is 15.9. The molecule has 1 amide bonds. The molecular formula is C28H32ClN5OS. The van der Waals surface area contributed by atoms with Crippen LogP contribution in [0.4, 0.5) is 11.5 Å². The maximum Gasteiger partial charge on any atom is 0.251 e. The van der Waals surface area contributed by atoms with Gasteiger partial charge in [0.2, 0.25) is 0 Å². The van der Waals surface area contributed by atoms with E-state index in [4.69, 9.17) is 21.6 Å². The van der Waals surface area contributed by atoms with Crippen LogP contribution < -0.4 is 15.1 Å². The lowest BCUT2D eigenvalue weighted by Crippen LogP contribution is -2.47. The van der Waals surface area contributed by atoms with Crippen molar-refractivity contribution in [1.82, 2.24) is 15.3 Å². The summed E-state index contributed by atoms with van der Waals surface area (Å²) in [5.74, 6) is 2.47. The second kappa shape index (κ2) is 11.1. The molecular weight excluding hydrogens is 490 g/mol. The van der Waals surface area contributed by atoms with Crippen molar-refractivity contribution in [2.45, 2.75) is 37.6 Å². The molecule has 2 aromatic carbocycles. The van der Waals surface area contributed by atoms with Crippen LogP contribution in [0, 0.1) is 19.8 Å². The number of halogens is 1. The molecule has 1 N–H and O–H groups in total. The Bertz CT molecular complexity index is 1220. The summed E-state index contributed by atoms with van der Waals surface area (Å²) in [5.41, 5.74) is 5.10. The number of carbonyl (C=O) groups is 1. The molecule has 1 aliphatic heterocycles. The van der Waals surface area contributed by atoms with E-state index in [2.05, 4.69) is 35.0 Å². The number of hydrogen-bond donors (Lipinski definition) is 1. The van der Waals surface area contributed by atoms with Gasteiger partial charge in [-0.2, -0.15) is 0 Å². The number of nitrogens with zero attached hydrogens (tertiary/aromatic N) is 4. The Labute approximate surface area is 222 Å². The quantitative estimate of drug-likeness (QED) is 0.312. The topological polar surface area (TPSA) is 61.4 Å². The number of rotatable bonds is 8. The van der Waals surface area contributed by atoms with Gasteiger partial charge in [0.05, 0.1) is 10.7 Å². The Balaban J connectivity index is 1.20. The van der Waals surface area contributed by atoms with Crippen LogP contribution in [0.1, 0.15) is 40.0 Å². The first-order valence-corrected chi connectivity index (χ1v) is 13.9. The van der Waals surface area contributed by atoms with E-state index in [1.54, 1.807) is 11.8 Å². The lowest BCUT2D eigenvalue weighted by Gasteiger charge is -2.37. The number of hydrogen-bond acceptors (Lipinski definition) is 6. The molecule has 0 atom stereocenters. The van der Waals surface area contributed by atoms with Gasteiger partial charge in [-0.25, -0.2) is 9.97 Å². The molecule has 1 aromatic heterocycles. The number of nitrogens with one attached hydrogen (secondary N) is 1. The summed E-state index contributed by atoms with van der Waals surface area (Å²) in [7, 11) is 0. The number of thioether (sulfide) groups is 1. The molecule has 188 valence electrons. The fourth-order valence-electron chi connectivity index (χ4n) is 4.39. The molecule has 0 spiro atoms. The molecule has 8 heteroatoms. The number of carbonyl (C=O) groups excluding carboxylic acids is 1. The van der Waals surface area contributed by atoms with E-state index in [9.17, 15) is 4.79 Å². The molecule has 3 aromatic rings. The van der Waals surface area contributed by atoms with Crippen molar-refractivity contribution >= 4 is 40.8 Å². The van der Waals surface area contributed by atoms with Gasteiger partial charge in [-0.3, -0.25) is 4.79 Å². The van der Waals surface area contributed by atoms with E-state index >= 15 is 0 Å². The van der Waals surface area contributed by atoms with Crippen molar-refractivity contribution in [3.63, 3.8) is 0 Å². The van der Waals surface area contributed by atoms with Crippen LogP contribution in [0.25, 0.3) is 0 Å². The Morgan fingerprint density at radius 3 is 2.39 bits per heavy atom. The van der Waals surface area contributed by atoms with Crippen LogP contribution in [0.15, 0.2) is 53.7 Å². The molecule has 0 unspecified atom stereocenters. The van der Waals surface area contributed by atoms with Gasteiger partial charge in [0, 0.05) is 55.3 Å². The van der Waals surface area contributed by atoms with Crippen LogP contribution in [0.2, 0.25) is 5.02 Å². The predicted molar refractivity (Wildman–Crippen MR) is 148 cm³/mol. The molecule has 5 rings (SSSR count). The van der Waals surface area contributed by atoms with Gasteiger partial charge in [-0.05, 0) is 62.4 Å². The number of aromatic nitrogens is 2. The summed E-state index contributed by atoms with van der Waals surface area (Å²) in [5, 5.41) is 4.61. The zero-order chi connectivity index (χ0) is 25.1. The first-order valence-electron chi connectivity index (χ1n) is 12.6. The number of amides is 1. The smallest absolute Gasteiger partial charge is 0.251 e. The first kappa shape index (κ1) is 24.9. The summed E-state index contributed by atoms with van der Waals surface area (Å²) in [6.07, 6.45) is 2.47. The highest BCUT2D eigenvalue weighted by atomic mass is 35.5. The largest absolute Gasteiger partial charge is 0.367 e. The normalized spacial score (nSPS) is 15.8. The van der Waals surface area contributed by atoms with Crippen molar-refractivity contribution < 1.29 is 4.79 Å². The number of anilines is 2. The minimum Gasteiger partial charge on any atom is -0.367 e. The monoisotopic (exact) mass is 521 g/mol. The fourth-order valence-corrected chi connectivity index (χ4v) is 5.49. The third kappa shape index (κ3) is 5.95. The van der Waals surface area contributed by atoms with Crippen LogP contribution in [-0.2, 0) is 5.75 Å². The third-order valence-corrected chi connectivity index (χ3v) is 8.19. The summed E-state index contributed by atoms with van der Waals surface area (Å²) >= 11 is 8.05. The molecule has 36 heavy (non-hydrogen) atoms. The second-order valence-corrected chi connectivity index (χ2v) is 11.0. The van der Waals surface area contributed by atoms with E-state index < -0.39 is 0 Å². The highest BCUT2D eigenvalue weighted by molar-refractivity contribution is 7.98. The predicted octanol–water partition coefficient (Wildman–Crippen LogP) is 5.51. The number of aryl methyl sites for hydroxylation is 1. The lowest BCUT2D eigenvalue weighted by molar-refractivity contribution is 0.0952. The molecule has 0 bridgehead atoms. The van der Waals surface area contributed by atoms with Crippen LogP contribution in [0.5, 0.6) is 0 Å². The van der Waals surface area contributed by atoms with E-state index in [1.807, 2.05) is 42.5 Å². The number of benzene rings is 2. The number of piperazine rings is 1. The Hall–Kier alpha value is -2.77. The van der Waals surface area contributed by atoms with E-state index in [-0.39, 0.29) is 5.91 Å². The highest BCUT2D eigenvalue weighted by Gasteiger charge is 2.23. The standard InChI is InChI=1S/C28H32ClN5OS/c1-19-20(2)31-28(36-18-22-9-11-23(12-10-22)27(35)30-17-21-7-8-21)32-26(19)34-15-13-33(14-16-34)25-6-4-3-5-24(25)29/h3-6,9-12,21H,7-8,13-18H2,1-2H3,(H,30,35). The van der Waals surface area contributed by atoms with Crippen LogP contribution >= 0.6 is 23.4 Å². The molecule has 2 aliphatic rings. The minimum atomic E-state index is 0.0119. The van der Waals surface area contributed by atoms with Crippen molar-refractivity contribution in [1.29, 1.82) is 0 Å². The molecule has 1 saturated heterocycles. The zero-order valence-corrected chi connectivity index (χ0v) is 22.4. The van der Waals surface area contributed by atoms with Crippen LogP contribution in [0.3, 0.4) is 0 Å². The molecule has 0 radical (unpaired) electrons. The van der Waals surface area contributed by atoms with Gasteiger partial charge < -0.3 is 15.1 Å². The van der Waals surface area contributed by atoms with E-state index in [1.165, 1.54) is 12.8 Å². The lowest BCUT2D eigenvalue weighted by atomic mass is 10.1. The van der Waals surface area contributed by atoms with Gasteiger partial charge in [0.25, 0.3) is 5.91 Å². The summed E-state index contributed by atoms with van der Waals surface area (Å²) in [4.78, 5) is 26.7. The zero-order valence-electron chi connectivity index (χ0n) is 20.8. The first-order chi connectivity index (χ1) is 17.5. The van der Waals surface area contributed by atoms with Gasteiger partial charge in [-0.15, -0.1) is 0 Å². The Morgan fingerprint density at radius 1 is 1.00 bits per heavy atom. The maximum atomic E-state index is 12.3. The highest BCUT2D eigenvalue weighted by Crippen LogP contribution is 2.30. The third-order valence-electron chi connectivity index (χ3n) is 6.95. The average Bonchev–Trinajstić information content (AvgIpc) is 3.73. The van der Waals surface area contributed by atoms with Gasteiger partial charge in [0.15, 0.2) is 5.16 Å². The van der Waals surface area contributed by atoms with E-state index in [0.29, 0.717) is 11.5 Å². The van der Waals surface area contributed by atoms with E-state index in [0.717, 1.165) is 77.0 Å². The maximum absolute atomic E-state index is 12.3. The second-order valence-electron chi connectivity index (χ2n) is 9.60. The van der Waals surface area contributed by atoms with Crippen LogP contribution in [-0.4, -0.2) is 48.6 Å². The average molecular weight is 522 g/mol. The molecule has 1 aliphatic carbocycles. The molecule has 6 nitrogen and oxygen atoms in total. The number of para-hydroxylation sites is 1. The summed E-state index contributed by atoms with van der Waals surface area (Å²) < 4.78 is 0. The summed E-state index contributed by atoms with van der Waals surface area (Å²) in [6.45, 7) is 8.52. The van der Waals surface area contributed by atoms with Crippen molar-refractivity contribution in [2.75, 3.05) is 42.5 Å². The van der Waals surface area contributed by atoms with Gasteiger partial charge in [0.1, 0.15) is 5.82 Å². The molecule has 2 heterocycles. The Morgan fingerprint density at radius 2 is 1.69 bits per heavy atom. The fraction of sp³-hybridized carbons (Fsp3) is 0.393. The van der Waals surface area contributed by atoms with Gasteiger partial charge >= 0.3 is 0 Å². The molecule has 2 fully saturated rings. The Kier molecular flexibility index (Phi) is 7.67. The van der Waals surface area contributed by atoms with Gasteiger partial charge in [-0.1, -0.05) is 47.6 Å². The van der Waals surface area contributed by atoms with Crippen molar-refractivity contribution in [3.05, 3.63) is 75.9 Å². The minimum absolute atomic E-state index is 0.0119. The van der Waals surface area contributed by atoms with Crippen molar-refractivity contribution in [3.8, 4) is 0 Å². The van der Waals surface area contributed by atoms with Crippen molar-refractivity contribution in [2.24, 2.45) is 5.92 Å².